The molecule has 26 heavy (non-hydrogen) atoms. The number of aryl methyl sites for hydroxylation is 4. The first-order chi connectivity index (χ1) is 12.3. The average Bonchev–Trinajstić information content (AvgIpc) is 2.83. The number of H-pyrrole nitrogens is 1. The molecule has 0 saturated heterocycles. The molecule has 1 aromatic carbocycles. The number of nitrogens with one attached hydrogen (secondary N) is 2. The highest BCUT2D eigenvalue weighted by atomic mass is 16.1. The van der Waals surface area contributed by atoms with Crippen LogP contribution in [-0.4, -0.2) is 20.7 Å². The monoisotopic (exact) mass is 349 g/mol. The second kappa shape index (κ2) is 7.00. The Morgan fingerprint density at radius 2 is 1.85 bits per heavy atom. The first kappa shape index (κ1) is 17.7. The van der Waals surface area contributed by atoms with Gasteiger partial charge in [-0.1, -0.05) is 6.07 Å². The van der Waals surface area contributed by atoms with Crippen molar-refractivity contribution in [1.29, 1.82) is 0 Å². The molecule has 2 N–H and O–H groups in total. The Balaban J connectivity index is 1.87. The average molecular weight is 349 g/mol. The molecule has 0 aliphatic carbocycles. The molecule has 134 valence electrons. The van der Waals surface area contributed by atoms with Crippen molar-refractivity contribution in [3.8, 4) is 5.69 Å². The van der Waals surface area contributed by atoms with E-state index in [9.17, 15) is 4.79 Å². The molecule has 0 saturated carbocycles. The van der Waals surface area contributed by atoms with Crippen molar-refractivity contribution < 1.29 is 0 Å². The third kappa shape index (κ3) is 3.59. The van der Waals surface area contributed by atoms with Crippen LogP contribution in [0.25, 0.3) is 5.69 Å². The van der Waals surface area contributed by atoms with Gasteiger partial charge in [-0.25, -0.2) is 10.4 Å². The number of benzene rings is 1. The SMILES string of the molecule is Cc1cc(=O)[nH]c(N/N=C/c2cc(C)n(-c3ccc(C)c(C)c3)c2C)n1. The number of hydrogen-bond acceptors (Lipinski definition) is 4. The van der Waals surface area contributed by atoms with Crippen LogP contribution in [0.1, 0.15) is 33.8 Å². The van der Waals surface area contributed by atoms with Gasteiger partial charge in [0.2, 0.25) is 5.95 Å². The Morgan fingerprint density at radius 1 is 1.08 bits per heavy atom. The number of hydrogen-bond donors (Lipinski definition) is 2. The van der Waals surface area contributed by atoms with Gasteiger partial charge >= 0.3 is 0 Å². The highest BCUT2D eigenvalue weighted by Crippen LogP contribution is 2.21. The van der Waals surface area contributed by atoms with E-state index in [0.717, 1.165) is 22.6 Å². The Bertz CT molecular complexity index is 1040. The van der Waals surface area contributed by atoms with Gasteiger partial charge in [0.1, 0.15) is 0 Å². The Hall–Kier alpha value is -3.15. The molecule has 6 nitrogen and oxygen atoms in total. The molecule has 3 rings (SSSR count). The standard InChI is InChI=1S/C20H23N5O/c1-12-6-7-18(8-13(12)2)25-15(4)10-17(16(25)5)11-21-24-20-22-14(3)9-19(26)23-20/h6-11H,1-5H3,(H2,22,23,24,26)/b21-11+. The number of rotatable bonds is 4. The molecule has 2 aromatic heterocycles. The maximum absolute atomic E-state index is 11.5. The topological polar surface area (TPSA) is 75.1 Å². The van der Waals surface area contributed by atoms with Crippen LogP contribution < -0.4 is 11.0 Å². The molecule has 0 aliphatic rings. The summed E-state index contributed by atoms with van der Waals surface area (Å²) in [7, 11) is 0. The maximum Gasteiger partial charge on any atom is 0.252 e. The van der Waals surface area contributed by atoms with Crippen molar-refractivity contribution in [2.75, 3.05) is 5.43 Å². The van der Waals surface area contributed by atoms with E-state index in [2.05, 4.69) is 77.0 Å². The molecular weight excluding hydrogens is 326 g/mol. The minimum atomic E-state index is -0.205. The van der Waals surface area contributed by atoms with Crippen LogP contribution in [0.3, 0.4) is 0 Å². The van der Waals surface area contributed by atoms with E-state index in [4.69, 9.17) is 0 Å². The lowest BCUT2D eigenvalue weighted by Gasteiger charge is -2.11. The van der Waals surface area contributed by atoms with Crippen molar-refractivity contribution in [3.05, 3.63) is 74.5 Å². The second-order valence-electron chi connectivity index (χ2n) is 6.54. The number of aromatic nitrogens is 3. The summed E-state index contributed by atoms with van der Waals surface area (Å²) in [4.78, 5) is 18.3. The van der Waals surface area contributed by atoms with Crippen LogP contribution in [0.4, 0.5) is 5.95 Å². The summed E-state index contributed by atoms with van der Waals surface area (Å²) in [6, 6.07) is 9.98. The quantitative estimate of drug-likeness (QED) is 0.559. The fourth-order valence-electron chi connectivity index (χ4n) is 2.98. The molecule has 3 aromatic rings. The van der Waals surface area contributed by atoms with Crippen molar-refractivity contribution in [1.82, 2.24) is 14.5 Å². The number of hydrazone groups is 1. The molecule has 0 unspecified atom stereocenters. The fourth-order valence-corrected chi connectivity index (χ4v) is 2.98. The molecule has 0 atom stereocenters. The van der Waals surface area contributed by atoms with E-state index in [0.29, 0.717) is 11.6 Å². The normalized spacial score (nSPS) is 11.3. The summed E-state index contributed by atoms with van der Waals surface area (Å²) < 4.78 is 2.21. The fraction of sp³-hybridized carbons (Fsp3) is 0.250. The zero-order chi connectivity index (χ0) is 18.8. The van der Waals surface area contributed by atoms with E-state index in [1.54, 1.807) is 13.1 Å². The smallest absolute Gasteiger partial charge is 0.252 e. The minimum Gasteiger partial charge on any atom is -0.318 e. The highest BCUT2D eigenvalue weighted by molar-refractivity contribution is 5.82. The first-order valence-corrected chi connectivity index (χ1v) is 8.49. The van der Waals surface area contributed by atoms with Gasteiger partial charge in [0.15, 0.2) is 0 Å². The third-order valence-electron chi connectivity index (χ3n) is 4.46. The number of aromatic amines is 1. The van der Waals surface area contributed by atoms with Crippen LogP contribution in [0.2, 0.25) is 0 Å². The summed E-state index contributed by atoms with van der Waals surface area (Å²) >= 11 is 0. The molecule has 0 amide bonds. The molecular formula is C20H23N5O. The van der Waals surface area contributed by atoms with Gasteiger partial charge in [0.25, 0.3) is 5.56 Å². The lowest BCUT2D eigenvalue weighted by Crippen LogP contribution is -2.10. The zero-order valence-electron chi connectivity index (χ0n) is 15.7. The zero-order valence-corrected chi connectivity index (χ0v) is 15.7. The van der Waals surface area contributed by atoms with E-state index in [1.165, 1.54) is 17.2 Å². The van der Waals surface area contributed by atoms with Gasteiger partial charge < -0.3 is 4.57 Å². The summed E-state index contributed by atoms with van der Waals surface area (Å²) in [5.41, 5.74) is 10.1. The van der Waals surface area contributed by atoms with E-state index >= 15 is 0 Å². The molecule has 0 radical (unpaired) electrons. The van der Waals surface area contributed by atoms with Gasteiger partial charge in [-0.3, -0.25) is 9.78 Å². The van der Waals surface area contributed by atoms with E-state index in [1.807, 2.05) is 0 Å². The van der Waals surface area contributed by atoms with Crippen molar-refractivity contribution >= 4 is 12.2 Å². The Labute approximate surface area is 152 Å². The summed E-state index contributed by atoms with van der Waals surface area (Å²) in [6.45, 7) is 10.1. The van der Waals surface area contributed by atoms with Gasteiger partial charge in [-0.05, 0) is 63.9 Å². The summed E-state index contributed by atoms with van der Waals surface area (Å²) in [5, 5.41) is 4.21. The van der Waals surface area contributed by atoms with Crippen molar-refractivity contribution in [2.24, 2.45) is 5.10 Å². The molecule has 6 heteroatoms. The maximum atomic E-state index is 11.5. The highest BCUT2D eigenvalue weighted by Gasteiger charge is 2.10. The predicted molar refractivity (Wildman–Crippen MR) is 106 cm³/mol. The third-order valence-corrected chi connectivity index (χ3v) is 4.46. The predicted octanol–water partition coefficient (Wildman–Crippen LogP) is 3.55. The van der Waals surface area contributed by atoms with Crippen LogP contribution in [0, 0.1) is 34.6 Å². The number of anilines is 1. The lowest BCUT2D eigenvalue weighted by molar-refractivity contribution is 0.961. The van der Waals surface area contributed by atoms with Gasteiger partial charge in [0, 0.05) is 34.4 Å². The van der Waals surface area contributed by atoms with Gasteiger partial charge in [-0.2, -0.15) is 5.10 Å². The molecule has 0 fully saturated rings. The summed E-state index contributed by atoms with van der Waals surface area (Å²) in [6.07, 6.45) is 1.74. The Morgan fingerprint density at radius 3 is 2.54 bits per heavy atom. The molecule has 0 bridgehead atoms. The van der Waals surface area contributed by atoms with Gasteiger partial charge in [0.05, 0.1) is 6.21 Å². The van der Waals surface area contributed by atoms with Gasteiger partial charge in [-0.15, -0.1) is 0 Å². The van der Waals surface area contributed by atoms with Crippen molar-refractivity contribution in [3.63, 3.8) is 0 Å². The van der Waals surface area contributed by atoms with Crippen LogP contribution >= 0.6 is 0 Å². The second-order valence-corrected chi connectivity index (χ2v) is 6.54. The van der Waals surface area contributed by atoms with Crippen LogP contribution in [0.5, 0.6) is 0 Å². The van der Waals surface area contributed by atoms with Crippen molar-refractivity contribution in [2.45, 2.75) is 34.6 Å². The molecule has 0 aliphatic heterocycles. The van der Waals surface area contributed by atoms with Crippen LogP contribution in [-0.2, 0) is 0 Å². The lowest BCUT2D eigenvalue weighted by atomic mass is 10.1. The molecule has 0 spiro atoms. The summed E-state index contributed by atoms with van der Waals surface area (Å²) in [5.74, 6) is 0.328. The molecule has 2 heterocycles. The number of nitrogens with zero attached hydrogens (tertiary/aromatic N) is 3. The Kier molecular flexibility index (Phi) is 4.75. The first-order valence-electron chi connectivity index (χ1n) is 8.49. The largest absolute Gasteiger partial charge is 0.318 e. The van der Waals surface area contributed by atoms with E-state index in [-0.39, 0.29) is 5.56 Å². The van der Waals surface area contributed by atoms with Crippen LogP contribution in [0.15, 0.2) is 40.2 Å². The van der Waals surface area contributed by atoms with E-state index < -0.39 is 0 Å². The minimum absolute atomic E-state index is 0.205.